The standard InChI is InChI=1S/C24H26ClN3O2/c25-21-6-3-19(4-7-21)18-30-23-10-14-28(24(29)15-23)13-9-22-8-5-20(16-26-22)17-27-11-1-2-12-27/h3-8,10,14-16H,1-2,9,11-13,17-18H2. The van der Waals surface area contributed by atoms with Gasteiger partial charge in [-0.1, -0.05) is 29.8 Å². The Morgan fingerprint density at radius 1 is 1.00 bits per heavy atom. The van der Waals surface area contributed by atoms with E-state index in [0.29, 0.717) is 23.9 Å². The molecule has 0 bridgehead atoms. The second-order valence-electron chi connectivity index (χ2n) is 7.70. The molecule has 1 fully saturated rings. The Kier molecular flexibility index (Phi) is 6.82. The van der Waals surface area contributed by atoms with Gasteiger partial charge in [-0.05, 0) is 61.3 Å². The smallest absolute Gasteiger partial charge is 0.254 e. The van der Waals surface area contributed by atoms with E-state index >= 15 is 0 Å². The van der Waals surface area contributed by atoms with Gasteiger partial charge in [-0.2, -0.15) is 0 Å². The molecule has 156 valence electrons. The molecule has 0 unspecified atom stereocenters. The molecule has 1 aliphatic rings. The van der Waals surface area contributed by atoms with Crippen molar-refractivity contribution in [2.24, 2.45) is 0 Å². The highest BCUT2D eigenvalue weighted by Crippen LogP contribution is 2.14. The van der Waals surface area contributed by atoms with Crippen LogP contribution in [0.5, 0.6) is 5.75 Å². The summed E-state index contributed by atoms with van der Waals surface area (Å²) < 4.78 is 7.41. The van der Waals surface area contributed by atoms with E-state index in [1.165, 1.54) is 37.6 Å². The van der Waals surface area contributed by atoms with Crippen molar-refractivity contribution in [1.82, 2.24) is 14.5 Å². The minimum Gasteiger partial charge on any atom is -0.489 e. The first kappa shape index (κ1) is 20.6. The van der Waals surface area contributed by atoms with Crippen molar-refractivity contribution in [3.05, 3.63) is 93.1 Å². The largest absolute Gasteiger partial charge is 0.489 e. The van der Waals surface area contributed by atoms with Crippen LogP contribution in [0, 0.1) is 0 Å². The molecule has 2 aromatic heterocycles. The van der Waals surface area contributed by atoms with Crippen LogP contribution in [-0.4, -0.2) is 27.5 Å². The van der Waals surface area contributed by atoms with Crippen LogP contribution in [0.1, 0.15) is 29.7 Å². The van der Waals surface area contributed by atoms with E-state index in [4.69, 9.17) is 16.3 Å². The Balaban J connectivity index is 1.29. The van der Waals surface area contributed by atoms with Gasteiger partial charge in [-0.3, -0.25) is 14.7 Å². The van der Waals surface area contributed by atoms with Crippen LogP contribution in [0.25, 0.3) is 0 Å². The van der Waals surface area contributed by atoms with Crippen LogP contribution >= 0.6 is 11.6 Å². The third kappa shape index (κ3) is 5.71. The van der Waals surface area contributed by atoms with Gasteiger partial charge in [0.1, 0.15) is 12.4 Å². The lowest BCUT2D eigenvalue weighted by Gasteiger charge is -2.14. The lowest BCUT2D eigenvalue weighted by molar-refractivity contribution is 0.305. The summed E-state index contributed by atoms with van der Waals surface area (Å²) in [6.07, 6.45) is 7.05. The fourth-order valence-corrected chi connectivity index (χ4v) is 3.77. The van der Waals surface area contributed by atoms with Gasteiger partial charge in [-0.25, -0.2) is 0 Å². The number of hydrogen-bond donors (Lipinski definition) is 0. The van der Waals surface area contributed by atoms with Crippen molar-refractivity contribution >= 4 is 11.6 Å². The summed E-state index contributed by atoms with van der Waals surface area (Å²) in [6, 6.07) is 15.0. The molecule has 0 radical (unpaired) electrons. The van der Waals surface area contributed by atoms with Gasteiger partial charge in [0.15, 0.2) is 0 Å². The van der Waals surface area contributed by atoms with Crippen molar-refractivity contribution in [1.29, 1.82) is 0 Å². The first-order valence-electron chi connectivity index (χ1n) is 10.4. The van der Waals surface area contributed by atoms with E-state index in [2.05, 4.69) is 22.0 Å². The van der Waals surface area contributed by atoms with Crippen LogP contribution in [0.4, 0.5) is 0 Å². The number of halogens is 1. The molecule has 0 atom stereocenters. The number of aryl methyl sites for hydroxylation is 2. The molecule has 3 heterocycles. The van der Waals surface area contributed by atoms with Crippen LogP contribution in [0.2, 0.25) is 5.02 Å². The van der Waals surface area contributed by atoms with Gasteiger partial charge < -0.3 is 9.30 Å². The SMILES string of the molecule is O=c1cc(OCc2ccc(Cl)cc2)ccn1CCc1ccc(CN2CCCC2)cn1. The number of benzene rings is 1. The van der Waals surface area contributed by atoms with Crippen molar-refractivity contribution in [2.45, 2.75) is 39.0 Å². The minimum absolute atomic E-state index is 0.0748. The molecule has 0 amide bonds. The quantitative estimate of drug-likeness (QED) is 0.541. The summed E-state index contributed by atoms with van der Waals surface area (Å²) in [5.41, 5.74) is 3.17. The summed E-state index contributed by atoms with van der Waals surface area (Å²) in [7, 11) is 0. The van der Waals surface area contributed by atoms with E-state index in [-0.39, 0.29) is 5.56 Å². The maximum atomic E-state index is 12.4. The van der Waals surface area contributed by atoms with Crippen LogP contribution in [0.3, 0.4) is 0 Å². The molecule has 1 aliphatic heterocycles. The normalized spacial score (nSPS) is 14.2. The zero-order chi connectivity index (χ0) is 20.8. The van der Waals surface area contributed by atoms with Crippen molar-refractivity contribution < 1.29 is 4.74 Å². The fraction of sp³-hybridized carbons (Fsp3) is 0.333. The van der Waals surface area contributed by atoms with Crippen LogP contribution in [0.15, 0.2) is 65.7 Å². The van der Waals surface area contributed by atoms with E-state index in [1.807, 2.05) is 36.5 Å². The lowest BCUT2D eigenvalue weighted by Crippen LogP contribution is -2.20. The number of ether oxygens (including phenoxy) is 1. The topological polar surface area (TPSA) is 47.4 Å². The zero-order valence-corrected chi connectivity index (χ0v) is 17.7. The molecule has 1 aromatic carbocycles. The van der Waals surface area contributed by atoms with E-state index < -0.39 is 0 Å². The zero-order valence-electron chi connectivity index (χ0n) is 17.0. The first-order chi connectivity index (χ1) is 14.7. The van der Waals surface area contributed by atoms with Gasteiger partial charge >= 0.3 is 0 Å². The Hall–Kier alpha value is -2.63. The summed E-state index contributed by atoms with van der Waals surface area (Å²) in [5, 5.41) is 0.692. The second kappa shape index (κ2) is 9.92. The molecule has 1 saturated heterocycles. The van der Waals surface area contributed by atoms with Crippen molar-refractivity contribution in [3.63, 3.8) is 0 Å². The van der Waals surface area contributed by atoms with Crippen LogP contribution < -0.4 is 10.3 Å². The van der Waals surface area contributed by atoms with Crippen molar-refractivity contribution in [3.8, 4) is 5.75 Å². The lowest BCUT2D eigenvalue weighted by atomic mass is 10.2. The number of nitrogens with zero attached hydrogens (tertiary/aromatic N) is 3. The number of hydrogen-bond acceptors (Lipinski definition) is 4. The average Bonchev–Trinajstić information content (AvgIpc) is 3.27. The Bertz CT molecular complexity index is 1010. The van der Waals surface area contributed by atoms with Crippen molar-refractivity contribution in [2.75, 3.05) is 13.1 Å². The molecule has 30 heavy (non-hydrogen) atoms. The van der Waals surface area contributed by atoms with Gasteiger partial charge in [-0.15, -0.1) is 0 Å². The average molecular weight is 424 g/mol. The third-order valence-electron chi connectivity index (χ3n) is 5.39. The summed E-state index contributed by atoms with van der Waals surface area (Å²) >= 11 is 5.89. The molecule has 0 spiro atoms. The molecular formula is C24H26ClN3O2. The fourth-order valence-electron chi connectivity index (χ4n) is 3.64. The highest BCUT2D eigenvalue weighted by Gasteiger charge is 2.11. The molecular weight excluding hydrogens is 398 g/mol. The molecule has 0 saturated carbocycles. The van der Waals surface area contributed by atoms with E-state index in [1.54, 1.807) is 10.8 Å². The van der Waals surface area contributed by atoms with Crippen LogP contribution in [-0.2, 0) is 26.1 Å². The maximum Gasteiger partial charge on any atom is 0.254 e. The molecule has 4 rings (SSSR count). The number of rotatable bonds is 8. The summed E-state index contributed by atoms with van der Waals surface area (Å²) in [5.74, 6) is 0.565. The first-order valence-corrected chi connectivity index (χ1v) is 10.8. The molecule has 6 heteroatoms. The summed E-state index contributed by atoms with van der Waals surface area (Å²) in [6.45, 7) is 4.33. The monoisotopic (exact) mass is 423 g/mol. The van der Waals surface area contributed by atoms with E-state index in [0.717, 1.165) is 24.2 Å². The van der Waals surface area contributed by atoms with Gasteiger partial charge in [0.25, 0.3) is 5.56 Å². The Morgan fingerprint density at radius 3 is 2.47 bits per heavy atom. The highest BCUT2D eigenvalue weighted by molar-refractivity contribution is 6.30. The Labute approximate surface area is 181 Å². The Morgan fingerprint density at radius 2 is 1.77 bits per heavy atom. The number of likely N-dealkylation sites (tertiary alicyclic amines) is 1. The minimum atomic E-state index is -0.0748. The number of aromatic nitrogens is 2. The molecule has 3 aromatic rings. The second-order valence-corrected chi connectivity index (χ2v) is 8.14. The van der Waals surface area contributed by atoms with Gasteiger partial charge in [0.2, 0.25) is 0 Å². The maximum absolute atomic E-state index is 12.4. The predicted molar refractivity (Wildman–Crippen MR) is 119 cm³/mol. The molecule has 0 aliphatic carbocycles. The van der Waals surface area contributed by atoms with Gasteiger partial charge in [0, 0.05) is 48.7 Å². The highest BCUT2D eigenvalue weighted by atomic mass is 35.5. The van der Waals surface area contributed by atoms with E-state index in [9.17, 15) is 4.79 Å². The summed E-state index contributed by atoms with van der Waals surface area (Å²) in [4.78, 5) is 19.4. The molecule has 0 N–H and O–H groups in total. The third-order valence-corrected chi connectivity index (χ3v) is 5.64. The predicted octanol–water partition coefficient (Wildman–Crippen LogP) is 4.31. The molecule has 5 nitrogen and oxygen atoms in total. The number of pyridine rings is 2. The van der Waals surface area contributed by atoms with Gasteiger partial charge in [0.05, 0.1) is 0 Å².